The number of carbonyl (C=O) groups excluding carboxylic acids is 2. The predicted molar refractivity (Wildman–Crippen MR) is 164 cm³/mol. The smallest absolute Gasteiger partial charge is 0.383 e. The van der Waals surface area contributed by atoms with E-state index in [1.165, 1.54) is 6.92 Å². The number of carbonyl (C=O) groups is 2. The van der Waals surface area contributed by atoms with E-state index >= 15 is 8.78 Å². The largest absolute Gasteiger partial charge is 0.456 e. The standard InChI is InChI=1S/C36H45F5N2O3/c1-32(2,3)31(45)43-17-15-42(16-18-43)21-22-5-7-23(8-6-22)28-20-33(4)29(13-14-34(33,46)35(37,38)36(39,40)41)27-11-9-24-19-25(44)10-12-26(24)30(27)28/h5-8,19,27-29,46H,9-18,20-21H2,1-4H3/t27-,28+,29-,33-,34-/m0/s1. The van der Waals surface area contributed by atoms with Crippen LogP contribution in [0.4, 0.5) is 22.0 Å². The van der Waals surface area contributed by atoms with Gasteiger partial charge in [-0.25, -0.2) is 0 Å². The number of halogens is 5. The van der Waals surface area contributed by atoms with Crippen LogP contribution in [-0.4, -0.2) is 70.5 Å². The Balaban J connectivity index is 1.30. The number of aliphatic hydroxyl groups is 1. The molecule has 3 fully saturated rings. The molecule has 252 valence electrons. The van der Waals surface area contributed by atoms with Crippen molar-refractivity contribution in [2.75, 3.05) is 26.2 Å². The molecular formula is C36H45F5N2O3. The lowest BCUT2D eigenvalue weighted by Crippen LogP contribution is -2.65. The highest BCUT2D eigenvalue weighted by molar-refractivity contribution is 5.93. The molecule has 1 amide bonds. The fraction of sp³-hybridized carbons (Fsp3) is 0.667. The summed E-state index contributed by atoms with van der Waals surface area (Å²) in [6.07, 6.45) is -2.69. The monoisotopic (exact) mass is 648 g/mol. The topological polar surface area (TPSA) is 60.9 Å². The Morgan fingerprint density at radius 2 is 1.61 bits per heavy atom. The van der Waals surface area contributed by atoms with Gasteiger partial charge in [0.15, 0.2) is 5.78 Å². The molecule has 1 aromatic carbocycles. The molecule has 1 aromatic rings. The Labute approximate surface area is 267 Å². The second-order valence-electron chi connectivity index (χ2n) is 15.5. The number of ketones is 1. The first kappa shape index (κ1) is 33.3. The van der Waals surface area contributed by atoms with Crippen LogP contribution < -0.4 is 0 Å². The average molecular weight is 649 g/mol. The summed E-state index contributed by atoms with van der Waals surface area (Å²) < 4.78 is 72.0. The molecule has 1 aliphatic heterocycles. The maximum Gasteiger partial charge on any atom is 0.456 e. The number of hydrogen-bond acceptors (Lipinski definition) is 4. The minimum absolute atomic E-state index is 0.0283. The molecule has 10 heteroatoms. The van der Waals surface area contributed by atoms with Crippen LogP contribution in [0.5, 0.6) is 0 Å². The molecule has 5 atom stereocenters. The number of rotatable bonds is 4. The van der Waals surface area contributed by atoms with Gasteiger partial charge in [-0.3, -0.25) is 14.5 Å². The van der Waals surface area contributed by atoms with Gasteiger partial charge in [0.25, 0.3) is 0 Å². The van der Waals surface area contributed by atoms with E-state index in [9.17, 15) is 27.9 Å². The maximum absolute atomic E-state index is 15.2. The lowest BCUT2D eigenvalue weighted by Gasteiger charge is -2.56. The molecule has 2 saturated carbocycles. The molecule has 5 nitrogen and oxygen atoms in total. The fourth-order valence-corrected chi connectivity index (χ4v) is 9.41. The third kappa shape index (κ3) is 5.26. The molecular weight excluding hydrogens is 603 g/mol. The first-order valence-corrected chi connectivity index (χ1v) is 16.6. The molecule has 0 radical (unpaired) electrons. The lowest BCUT2D eigenvalue weighted by molar-refractivity contribution is -0.362. The van der Waals surface area contributed by atoms with Crippen LogP contribution in [0.3, 0.4) is 0 Å². The normalized spacial score (nSPS) is 32.6. The zero-order valence-corrected chi connectivity index (χ0v) is 27.2. The minimum Gasteiger partial charge on any atom is -0.383 e. The van der Waals surface area contributed by atoms with Crippen LogP contribution in [0, 0.1) is 22.7 Å². The third-order valence-corrected chi connectivity index (χ3v) is 11.9. The van der Waals surface area contributed by atoms with E-state index < -0.39 is 46.8 Å². The van der Waals surface area contributed by atoms with E-state index in [4.69, 9.17) is 0 Å². The van der Waals surface area contributed by atoms with Gasteiger partial charge in [-0.1, -0.05) is 57.5 Å². The van der Waals surface area contributed by atoms with Crippen molar-refractivity contribution in [3.63, 3.8) is 0 Å². The van der Waals surface area contributed by atoms with E-state index in [-0.39, 0.29) is 30.4 Å². The van der Waals surface area contributed by atoms with Gasteiger partial charge in [-0.15, -0.1) is 0 Å². The maximum atomic E-state index is 15.2. The van der Waals surface area contributed by atoms with Gasteiger partial charge < -0.3 is 10.0 Å². The van der Waals surface area contributed by atoms with Crippen molar-refractivity contribution in [3.8, 4) is 0 Å². The quantitative estimate of drug-likeness (QED) is 0.351. The van der Waals surface area contributed by atoms with Crippen molar-refractivity contribution in [1.29, 1.82) is 0 Å². The second kappa shape index (κ2) is 11.2. The molecule has 1 heterocycles. The Bertz CT molecular complexity index is 1450. The van der Waals surface area contributed by atoms with Gasteiger partial charge in [0.1, 0.15) is 5.60 Å². The zero-order valence-electron chi connectivity index (χ0n) is 27.2. The number of benzene rings is 1. The molecule has 4 aliphatic carbocycles. The zero-order chi connectivity index (χ0) is 33.4. The Kier molecular flexibility index (Phi) is 8.15. The summed E-state index contributed by atoms with van der Waals surface area (Å²) in [5.41, 5.74) is -0.339. The molecule has 0 spiro atoms. The summed E-state index contributed by atoms with van der Waals surface area (Å²) >= 11 is 0. The number of allylic oxidation sites excluding steroid dienone is 4. The molecule has 1 N–H and O–H groups in total. The van der Waals surface area contributed by atoms with Crippen LogP contribution in [0.25, 0.3) is 0 Å². The summed E-state index contributed by atoms with van der Waals surface area (Å²) in [4.78, 5) is 29.2. The highest BCUT2D eigenvalue weighted by atomic mass is 19.4. The van der Waals surface area contributed by atoms with Crippen molar-refractivity contribution in [2.45, 2.75) is 103 Å². The van der Waals surface area contributed by atoms with Crippen molar-refractivity contribution in [2.24, 2.45) is 22.7 Å². The molecule has 0 unspecified atom stereocenters. The van der Waals surface area contributed by atoms with Crippen molar-refractivity contribution < 1.29 is 36.6 Å². The van der Waals surface area contributed by atoms with Crippen LogP contribution in [0.1, 0.15) is 89.7 Å². The number of amides is 1. The summed E-state index contributed by atoms with van der Waals surface area (Å²) in [6, 6.07) is 7.89. The van der Waals surface area contributed by atoms with Gasteiger partial charge in [0.05, 0.1) is 0 Å². The molecule has 1 saturated heterocycles. The van der Waals surface area contributed by atoms with Gasteiger partial charge in [-0.05, 0) is 78.7 Å². The van der Waals surface area contributed by atoms with Crippen LogP contribution >= 0.6 is 0 Å². The first-order valence-electron chi connectivity index (χ1n) is 16.6. The number of piperazine rings is 1. The summed E-state index contributed by atoms with van der Waals surface area (Å²) in [6.45, 7) is 10.7. The van der Waals surface area contributed by atoms with Crippen LogP contribution in [-0.2, 0) is 16.1 Å². The molecule has 46 heavy (non-hydrogen) atoms. The fourth-order valence-electron chi connectivity index (χ4n) is 9.41. The summed E-state index contributed by atoms with van der Waals surface area (Å²) in [5, 5.41) is 11.5. The number of fused-ring (bicyclic) bond motifs is 4. The molecule has 5 aliphatic rings. The third-order valence-electron chi connectivity index (χ3n) is 11.9. The Morgan fingerprint density at radius 3 is 2.22 bits per heavy atom. The van der Waals surface area contributed by atoms with Crippen LogP contribution in [0.15, 0.2) is 47.1 Å². The first-order chi connectivity index (χ1) is 21.4. The summed E-state index contributed by atoms with van der Waals surface area (Å²) in [5.74, 6) is -6.27. The molecule has 6 rings (SSSR count). The molecule has 0 aromatic heterocycles. The number of nitrogens with zero attached hydrogens (tertiary/aromatic N) is 2. The van der Waals surface area contributed by atoms with Crippen LogP contribution in [0.2, 0.25) is 0 Å². The van der Waals surface area contributed by atoms with Gasteiger partial charge in [-0.2, -0.15) is 22.0 Å². The lowest BCUT2D eigenvalue weighted by atomic mass is 9.50. The molecule has 0 bridgehead atoms. The van der Waals surface area contributed by atoms with E-state index in [0.29, 0.717) is 45.3 Å². The van der Waals surface area contributed by atoms with Gasteiger partial charge >= 0.3 is 12.1 Å². The van der Waals surface area contributed by atoms with Gasteiger partial charge in [0.2, 0.25) is 5.91 Å². The summed E-state index contributed by atoms with van der Waals surface area (Å²) in [7, 11) is 0. The van der Waals surface area contributed by atoms with E-state index in [1.807, 2.05) is 49.9 Å². The van der Waals surface area contributed by atoms with Gasteiger partial charge in [0, 0.05) is 55.9 Å². The van der Waals surface area contributed by atoms with E-state index in [1.54, 1.807) is 6.08 Å². The Morgan fingerprint density at radius 1 is 0.957 bits per heavy atom. The predicted octanol–water partition coefficient (Wildman–Crippen LogP) is 7.21. The van der Waals surface area contributed by atoms with Crippen molar-refractivity contribution >= 4 is 11.7 Å². The highest BCUT2D eigenvalue weighted by Gasteiger charge is 2.79. The van der Waals surface area contributed by atoms with E-state index in [0.717, 1.165) is 40.9 Å². The highest BCUT2D eigenvalue weighted by Crippen LogP contribution is 2.70. The second-order valence-corrected chi connectivity index (χ2v) is 15.5. The van der Waals surface area contributed by atoms with Crippen molar-refractivity contribution in [1.82, 2.24) is 9.80 Å². The van der Waals surface area contributed by atoms with E-state index in [2.05, 4.69) is 4.90 Å². The SMILES string of the molecule is CC(C)(C)C(=O)N1CCN(Cc2ccc([C@H]3C[C@@]4(C)[C@@H](CC[C@@]4(O)C(F)(F)C(F)(F)F)[C@@H]4CCC5=CC(=O)CCC5=C43)cc2)CC1. The number of hydrogen-bond donors (Lipinski definition) is 1. The van der Waals surface area contributed by atoms with Crippen molar-refractivity contribution in [3.05, 3.63) is 58.2 Å². The average Bonchev–Trinajstić information content (AvgIpc) is 3.27. The Hall–Kier alpha value is -2.59. The number of alkyl halides is 5. The minimum atomic E-state index is -5.87.